The SMILES string of the molecule is Cc1cccc2[nH]c(CCNC(=O)N3CCC(c4nncn4C)CC3)nc12. The number of aromatic nitrogens is 5. The standard InChI is InChI=1S/C19H25N7O/c1-13-4-3-5-15-17(13)23-16(22-15)6-9-20-19(27)26-10-7-14(8-11-26)18-24-21-12-25(18)2/h3-5,12,14H,6-11H2,1-2H3,(H,20,27)(H,22,23). The number of benzene rings is 1. The molecule has 0 spiro atoms. The van der Waals surface area contributed by atoms with E-state index in [-0.39, 0.29) is 6.03 Å². The van der Waals surface area contributed by atoms with Crippen molar-refractivity contribution >= 4 is 17.1 Å². The summed E-state index contributed by atoms with van der Waals surface area (Å²) in [6.45, 7) is 4.11. The van der Waals surface area contributed by atoms with Crippen LogP contribution in [0.2, 0.25) is 0 Å². The van der Waals surface area contributed by atoms with Gasteiger partial charge in [-0.3, -0.25) is 0 Å². The molecule has 2 N–H and O–H groups in total. The molecule has 0 radical (unpaired) electrons. The van der Waals surface area contributed by atoms with Crippen molar-refractivity contribution in [2.45, 2.75) is 32.1 Å². The van der Waals surface area contributed by atoms with E-state index in [0.717, 1.165) is 54.2 Å². The van der Waals surface area contributed by atoms with Crippen LogP contribution in [-0.2, 0) is 13.5 Å². The summed E-state index contributed by atoms with van der Waals surface area (Å²) >= 11 is 0. The summed E-state index contributed by atoms with van der Waals surface area (Å²) in [5.41, 5.74) is 3.21. The molecule has 1 aliphatic rings. The third-order valence-corrected chi connectivity index (χ3v) is 5.30. The van der Waals surface area contributed by atoms with E-state index in [1.807, 2.05) is 28.6 Å². The molecule has 2 amide bonds. The number of aromatic amines is 1. The van der Waals surface area contributed by atoms with Crippen LogP contribution in [-0.4, -0.2) is 55.3 Å². The van der Waals surface area contributed by atoms with Gasteiger partial charge in [0, 0.05) is 39.0 Å². The normalized spacial score (nSPS) is 15.4. The molecule has 1 saturated heterocycles. The Morgan fingerprint density at radius 1 is 1.33 bits per heavy atom. The molecule has 8 heteroatoms. The number of rotatable bonds is 4. The Morgan fingerprint density at radius 2 is 2.15 bits per heavy atom. The molecular formula is C19H25N7O. The van der Waals surface area contributed by atoms with E-state index in [1.54, 1.807) is 6.33 Å². The number of carbonyl (C=O) groups is 1. The second-order valence-corrected chi connectivity index (χ2v) is 7.20. The predicted molar refractivity (Wildman–Crippen MR) is 102 cm³/mol. The molecule has 3 heterocycles. The summed E-state index contributed by atoms with van der Waals surface area (Å²) in [7, 11) is 1.97. The van der Waals surface area contributed by atoms with Crippen LogP contribution in [0.5, 0.6) is 0 Å². The number of H-pyrrole nitrogens is 1. The fraction of sp³-hybridized carbons (Fsp3) is 0.474. The van der Waals surface area contributed by atoms with Gasteiger partial charge in [-0.2, -0.15) is 0 Å². The first-order chi connectivity index (χ1) is 13.1. The molecular weight excluding hydrogens is 342 g/mol. The van der Waals surface area contributed by atoms with Gasteiger partial charge in [-0.05, 0) is 31.4 Å². The van der Waals surface area contributed by atoms with Gasteiger partial charge in [0.1, 0.15) is 18.0 Å². The summed E-state index contributed by atoms with van der Waals surface area (Å²) in [5.74, 6) is 2.29. The topological polar surface area (TPSA) is 91.7 Å². The number of urea groups is 1. The Balaban J connectivity index is 1.26. The maximum Gasteiger partial charge on any atom is 0.317 e. The Labute approximate surface area is 158 Å². The lowest BCUT2D eigenvalue weighted by molar-refractivity contribution is 0.180. The number of piperidine rings is 1. The van der Waals surface area contributed by atoms with Crippen molar-refractivity contribution in [3.05, 3.63) is 41.7 Å². The van der Waals surface area contributed by atoms with Gasteiger partial charge in [0.2, 0.25) is 0 Å². The van der Waals surface area contributed by atoms with E-state index in [1.165, 1.54) is 0 Å². The van der Waals surface area contributed by atoms with Crippen LogP contribution in [0.3, 0.4) is 0 Å². The van der Waals surface area contributed by atoms with Crippen molar-refractivity contribution < 1.29 is 4.79 Å². The van der Waals surface area contributed by atoms with Gasteiger partial charge in [0.25, 0.3) is 0 Å². The highest BCUT2D eigenvalue weighted by Gasteiger charge is 2.26. The quantitative estimate of drug-likeness (QED) is 0.739. The Morgan fingerprint density at radius 3 is 2.85 bits per heavy atom. The fourth-order valence-electron chi connectivity index (χ4n) is 3.75. The van der Waals surface area contributed by atoms with E-state index in [2.05, 4.69) is 38.5 Å². The van der Waals surface area contributed by atoms with Crippen LogP contribution in [0.15, 0.2) is 24.5 Å². The Hall–Kier alpha value is -2.90. The van der Waals surface area contributed by atoms with Crippen LogP contribution in [0, 0.1) is 6.92 Å². The largest absolute Gasteiger partial charge is 0.342 e. The molecule has 0 bridgehead atoms. The zero-order chi connectivity index (χ0) is 18.8. The number of aryl methyl sites for hydroxylation is 2. The van der Waals surface area contributed by atoms with E-state index in [4.69, 9.17) is 0 Å². The minimum absolute atomic E-state index is 0.00120. The molecule has 1 aromatic carbocycles. The molecule has 3 aromatic rings. The van der Waals surface area contributed by atoms with E-state index in [0.29, 0.717) is 18.9 Å². The highest BCUT2D eigenvalue weighted by Crippen LogP contribution is 2.26. The molecule has 2 aromatic heterocycles. The predicted octanol–water partition coefficient (Wildman–Crippen LogP) is 2.13. The van der Waals surface area contributed by atoms with Gasteiger partial charge in [-0.1, -0.05) is 12.1 Å². The number of hydrogen-bond acceptors (Lipinski definition) is 4. The average molecular weight is 367 g/mol. The lowest BCUT2D eigenvalue weighted by Crippen LogP contribution is -2.44. The van der Waals surface area contributed by atoms with Crippen molar-refractivity contribution in [2.75, 3.05) is 19.6 Å². The summed E-state index contributed by atoms with van der Waals surface area (Å²) in [4.78, 5) is 22.3. The van der Waals surface area contributed by atoms with Crippen molar-refractivity contribution in [1.82, 2.24) is 34.9 Å². The van der Waals surface area contributed by atoms with Crippen LogP contribution in [0.1, 0.15) is 36.0 Å². The first-order valence-corrected chi connectivity index (χ1v) is 9.42. The van der Waals surface area contributed by atoms with Crippen LogP contribution < -0.4 is 5.32 Å². The van der Waals surface area contributed by atoms with Crippen molar-refractivity contribution in [2.24, 2.45) is 7.05 Å². The van der Waals surface area contributed by atoms with Crippen molar-refractivity contribution in [3.63, 3.8) is 0 Å². The van der Waals surface area contributed by atoms with Gasteiger partial charge >= 0.3 is 6.03 Å². The van der Waals surface area contributed by atoms with E-state index >= 15 is 0 Å². The van der Waals surface area contributed by atoms with Crippen LogP contribution in [0.25, 0.3) is 11.0 Å². The van der Waals surface area contributed by atoms with E-state index < -0.39 is 0 Å². The number of imidazole rings is 1. The third kappa shape index (κ3) is 3.65. The molecule has 27 heavy (non-hydrogen) atoms. The van der Waals surface area contributed by atoms with Gasteiger partial charge in [0.05, 0.1) is 11.0 Å². The second kappa shape index (κ2) is 7.38. The molecule has 1 fully saturated rings. The molecule has 0 atom stereocenters. The van der Waals surface area contributed by atoms with Crippen molar-refractivity contribution in [3.8, 4) is 0 Å². The minimum atomic E-state index is -0.00120. The smallest absolute Gasteiger partial charge is 0.317 e. The third-order valence-electron chi connectivity index (χ3n) is 5.30. The zero-order valence-electron chi connectivity index (χ0n) is 15.8. The number of nitrogens with zero attached hydrogens (tertiary/aromatic N) is 5. The molecule has 0 unspecified atom stereocenters. The number of amides is 2. The number of hydrogen-bond donors (Lipinski definition) is 2. The minimum Gasteiger partial charge on any atom is -0.342 e. The van der Waals surface area contributed by atoms with Crippen LogP contribution >= 0.6 is 0 Å². The molecule has 1 aliphatic heterocycles. The monoisotopic (exact) mass is 367 g/mol. The van der Waals surface area contributed by atoms with Gasteiger partial charge in [-0.15, -0.1) is 10.2 Å². The number of para-hydroxylation sites is 1. The highest BCUT2D eigenvalue weighted by atomic mass is 16.2. The highest BCUT2D eigenvalue weighted by molar-refractivity contribution is 5.78. The molecule has 142 valence electrons. The van der Waals surface area contributed by atoms with Gasteiger partial charge in [-0.25, -0.2) is 9.78 Å². The molecule has 8 nitrogen and oxygen atoms in total. The van der Waals surface area contributed by atoms with Gasteiger partial charge in [0.15, 0.2) is 0 Å². The molecule has 0 saturated carbocycles. The Kier molecular flexibility index (Phi) is 4.79. The first-order valence-electron chi connectivity index (χ1n) is 9.42. The second-order valence-electron chi connectivity index (χ2n) is 7.20. The number of carbonyl (C=O) groups excluding carboxylic acids is 1. The maximum atomic E-state index is 12.4. The lowest BCUT2D eigenvalue weighted by atomic mass is 9.96. The summed E-state index contributed by atoms with van der Waals surface area (Å²) in [6.07, 6.45) is 4.26. The number of likely N-dealkylation sites (tertiary alicyclic amines) is 1. The number of fused-ring (bicyclic) bond motifs is 1. The lowest BCUT2D eigenvalue weighted by Gasteiger charge is -2.31. The molecule has 0 aliphatic carbocycles. The summed E-state index contributed by atoms with van der Waals surface area (Å²) < 4.78 is 1.97. The first kappa shape index (κ1) is 17.5. The fourth-order valence-corrected chi connectivity index (χ4v) is 3.75. The van der Waals surface area contributed by atoms with Crippen molar-refractivity contribution in [1.29, 1.82) is 0 Å². The molecule has 4 rings (SSSR count). The average Bonchev–Trinajstić information content (AvgIpc) is 3.28. The Bertz CT molecular complexity index is 937. The number of nitrogens with one attached hydrogen (secondary N) is 2. The van der Waals surface area contributed by atoms with Crippen LogP contribution in [0.4, 0.5) is 4.79 Å². The summed E-state index contributed by atoms with van der Waals surface area (Å²) in [5, 5.41) is 11.2. The van der Waals surface area contributed by atoms with Gasteiger partial charge < -0.3 is 19.8 Å². The van der Waals surface area contributed by atoms with E-state index in [9.17, 15) is 4.79 Å². The maximum absolute atomic E-state index is 12.4. The zero-order valence-corrected chi connectivity index (χ0v) is 15.8. The summed E-state index contributed by atoms with van der Waals surface area (Å²) in [6, 6.07) is 6.10.